The van der Waals surface area contributed by atoms with Crippen molar-refractivity contribution in [3.8, 4) is 5.75 Å². The number of benzene rings is 1. The first-order valence-corrected chi connectivity index (χ1v) is 6.65. The van der Waals surface area contributed by atoms with Gasteiger partial charge in [0.25, 0.3) is 5.69 Å². The molecule has 0 saturated heterocycles. The van der Waals surface area contributed by atoms with Crippen molar-refractivity contribution in [2.75, 3.05) is 0 Å². The minimum Gasteiger partial charge on any atom is -0.487 e. The molecular weight excluding hydrogens is 302 g/mol. The molecule has 98 valence electrons. The molecule has 0 bridgehead atoms. The summed E-state index contributed by atoms with van der Waals surface area (Å²) in [5.74, 6) is 0.419. The van der Waals surface area contributed by atoms with Gasteiger partial charge in [0.05, 0.1) is 17.1 Å². The summed E-state index contributed by atoms with van der Waals surface area (Å²) < 4.78 is 6.25. The number of nitrogens with zero attached hydrogens (tertiary/aromatic N) is 1. The zero-order valence-corrected chi connectivity index (χ0v) is 11.3. The third-order valence-corrected chi connectivity index (χ3v) is 3.48. The van der Waals surface area contributed by atoms with Gasteiger partial charge >= 0.3 is 0 Å². The summed E-state index contributed by atoms with van der Waals surface area (Å²) in [6.45, 7) is 0. The summed E-state index contributed by atoms with van der Waals surface area (Å²) in [7, 11) is 0. The molecule has 5 nitrogen and oxygen atoms in total. The monoisotopic (exact) mass is 315 g/mol. The number of rotatable bonds is 3. The van der Waals surface area contributed by atoms with Gasteiger partial charge in [-0.25, -0.2) is 0 Å². The maximum Gasteiger partial charge on any atom is 0.274 e. The fourth-order valence-corrected chi connectivity index (χ4v) is 2.57. The predicted molar refractivity (Wildman–Crippen MR) is 69.7 cm³/mol. The first-order chi connectivity index (χ1) is 8.56. The predicted octanol–water partition coefficient (Wildman–Crippen LogP) is 3.04. The molecule has 1 fully saturated rings. The molecule has 1 aromatic rings. The van der Waals surface area contributed by atoms with Gasteiger partial charge in [-0.3, -0.25) is 10.1 Å². The van der Waals surface area contributed by atoms with Gasteiger partial charge in [-0.15, -0.1) is 0 Å². The highest BCUT2D eigenvalue weighted by atomic mass is 79.9. The van der Waals surface area contributed by atoms with E-state index in [1.165, 1.54) is 12.1 Å². The van der Waals surface area contributed by atoms with Crippen molar-refractivity contribution in [3.05, 3.63) is 32.8 Å². The number of aliphatic hydroxyl groups is 1. The van der Waals surface area contributed by atoms with Gasteiger partial charge in [0.1, 0.15) is 11.9 Å². The van der Waals surface area contributed by atoms with E-state index in [1.54, 1.807) is 6.07 Å². The van der Waals surface area contributed by atoms with Crippen LogP contribution in [-0.4, -0.2) is 22.2 Å². The lowest BCUT2D eigenvalue weighted by molar-refractivity contribution is -0.385. The minimum absolute atomic E-state index is 0.0234. The van der Waals surface area contributed by atoms with Crippen LogP contribution in [0.1, 0.15) is 25.7 Å². The van der Waals surface area contributed by atoms with Crippen molar-refractivity contribution in [2.45, 2.75) is 37.9 Å². The lowest BCUT2D eigenvalue weighted by Crippen LogP contribution is -2.34. The third-order valence-electron chi connectivity index (χ3n) is 3.02. The number of ether oxygens (including phenoxy) is 1. The Morgan fingerprint density at radius 2 is 2.06 bits per heavy atom. The summed E-state index contributed by atoms with van der Waals surface area (Å²) in [5.41, 5.74) is -0.0234. The molecule has 6 heteroatoms. The molecule has 1 aromatic carbocycles. The molecule has 0 unspecified atom stereocenters. The first-order valence-electron chi connectivity index (χ1n) is 5.86. The van der Waals surface area contributed by atoms with Crippen molar-refractivity contribution in [1.29, 1.82) is 0 Å². The minimum atomic E-state index is -0.489. The molecule has 0 aromatic heterocycles. The zero-order valence-electron chi connectivity index (χ0n) is 9.71. The number of hydrogen-bond acceptors (Lipinski definition) is 4. The zero-order chi connectivity index (χ0) is 13.1. The normalized spacial score (nSPS) is 23.7. The Labute approximate surface area is 113 Å². The highest BCUT2D eigenvalue weighted by molar-refractivity contribution is 9.10. The van der Waals surface area contributed by atoms with Crippen LogP contribution >= 0.6 is 15.9 Å². The molecule has 2 rings (SSSR count). The van der Waals surface area contributed by atoms with Gasteiger partial charge in [-0.2, -0.15) is 0 Å². The van der Waals surface area contributed by atoms with Crippen LogP contribution in [-0.2, 0) is 0 Å². The second kappa shape index (κ2) is 5.67. The average Bonchev–Trinajstić information content (AvgIpc) is 2.31. The second-order valence-corrected chi connectivity index (χ2v) is 5.33. The van der Waals surface area contributed by atoms with E-state index in [4.69, 9.17) is 4.74 Å². The molecule has 2 atom stereocenters. The van der Waals surface area contributed by atoms with E-state index in [0.29, 0.717) is 10.2 Å². The third kappa shape index (κ3) is 3.20. The van der Waals surface area contributed by atoms with Crippen molar-refractivity contribution in [1.82, 2.24) is 0 Å². The van der Waals surface area contributed by atoms with Gasteiger partial charge < -0.3 is 9.84 Å². The van der Waals surface area contributed by atoms with Crippen LogP contribution in [0.5, 0.6) is 5.75 Å². The van der Waals surface area contributed by atoms with Crippen molar-refractivity contribution < 1.29 is 14.8 Å². The molecule has 18 heavy (non-hydrogen) atoms. The summed E-state index contributed by atoms with van der Waals surface area (Å²) >= 11 is 3.21. The topological polar surface area (TPSA) is 72.6 Å². The summed E-state index contributed by atoms with van der Waals surface area (Å²) in [5, 5.41) is 20.5. The molecular formula is C12H14BrNO4. The molecule has 0 aliphatic heterocycles. The van der Waals surface area contributed by atoms with E-state index >= 15 is 0 Å². The summed E-state index contributed by atoms with van der Waals surface area (Å²) in [6.07, 6.45) is 2.75. The van der Waals surface area contributed by atoms with Crippen LogP contribution in [0.25, 0.3) is 0 Å². The summed E-state index contributed by atoms with van der Waals surface area (Å²) in [4.78, 5) is 10.3. The molecule has 0 heterocycles. The molecule has 1 aliphatic carbocycles. The van der Waals surface area contributed by atoms with E-state index in [1.807, 2.05) is 0 Å². The Kier molecular flexibility index (Phi) is 4.19. The standard InChI is InChI=1S/C12H14BrNO4/c13-8-5-9(14(16)17)7-10(6-8)18-12-4-2-1-3-11(12)15/h5-7,11-12,15H,1-4H2/t11-,12-/m1/s1. The lowest BCUT2D eigenvalue weighted by atomic mass is 9.95. The maximum atomic E-state index is 10.7. The van der Waals surface area contributed by atoms with Crippen LogP contribution in [0.4, 0.5) is 5.69 Å². The number of hydrogen-bond donors (Lipinski definition) is 1. The molecule has 0 radical (unpaired) electrons. The van der Waals surface area contributed by atoms with Gasteiger partial charge in [0.15, 0.2) is 0 Å². The van der Waals surface area contributed by atoms with Crippen LogP contribution in [0.2, 0.25) is 0 Å². The highest BCUT2D eigenvalue weighted by Crippen LogP contribution is 2.29. The lowest BCUT2D eigenvalue weighted by Gasteiger charge is -2.28. The number of aliphatic hydroxyl groups excluding tert-OH is 1. The number of halogens is 1. The highest BCUT2D eigenvalue weighted by Gasteiger charge is 2.25. The smallest absolute Gasteiger partial charge is 0.274 e. The Morgan fingerprint density at radius 3 is 2.72 bits per heavy atom. The number of non-ortho nitro benzene ring substituents is 1. The molecule has 0 amide bonds. The van der Waals surface area contributed by atoms with E-state index in [0.717, 1.165) is 25.7 Å². The SMILES string of the molecule is O=[N+]([O-])c1cc(Br)cc(O[C@@H]2CCCC[C@H]2O)c1. The van der Waals surface area contributed by atoms with Gasteiger partial charge in [-0.1, -0.05) is 22.4 Å². The van der Waals surface area contributed by atoms with Gasteiger partial charge in [0.2, 0.25) is 0 Å². The van der Waals surface area contributed by atoms with E-state index in [9.17, 15) is 15.2 Å². The molecule has 1 N–H and O–H groups in total. The summed E-state index contributed by atoms with van der Waals surface area (Å²) in [6, 6.07) is 4.48. The molecule has 0 spiro atoms. The van der Waals surface area contributed by atoms with Crippen LogP contribution in [0.3, 0.4) is 0 Å². The van der Waals surface area contributed by atoms with Crippen molar-refractivity contribution in [3.63, 3.8) is 0 Å². The largest absolute Gasteiger partial charge is 0.487 e. The molecule has 1 aliphatic rings. The van der Waals surface area contributed by atoms with Crippen molar-refractivity contribution >= 4 is 21.6 Å². The maximum absolute atomic E-state index is 10.7. The Bertz CT molecular complexity index is 452. The Hall–Kier alpha value is -1.14. The Morgan fingerprint density at radius 1 is 1.33 bits per heavy atom. The van der Waals surface area contributed by atoms with Gasteiger partial charge in [-0.05, 0) is 25.3 Å². The fraction of sp³-hybridized carbons (Fsp3) is 0.500. The fourth-order valence-electron chi connectivity index (χ4n) is 2.11. The average molecular weight is 316 g/mol. The van der Waals surface area contributed by atoms with Crippen LogP contribution < -0.4 is 4.74 Å². The van der Waals surface area contributed by atoms with Crippen LogP contribution in [0, 0.1) is 10.1 Å². The number of nitro groups is 1. The van der Waals surface area contributed by atoms with Crippen molar-refractivity contribution in [2.24, 2.45) is 0 Å². The van der Waals surface area contributed by atoms with E-state index in [2.05, 4.69) is 15.9 Å². The van der Waals surface area contributed by atoms with Gasteiger partial charge in [0, 0.05) is 10.5 Å². The van der Waals surface area contributed by atoms with E-state index < -0.39 is 11.0 Å². The number of nitro benzene ring substituents is 1. The van der Waals surface area contributed by atoms with E-state index in [-0.39, 0.29) is 11.8 Å². The first kappa shape index (κ1) is 13.3. The quantitative estimate of drug-likeness (QED) is 0.687. The molecule has 1 saturated carbocycles. The second-order valence-electron chi connectivity index (χ2n) is 4.41. The Balaban J connectivity index is 2.15. The van der Waals surface area contributed by atoms with Crippen LogP contribution in [0.15, 0.2) is 22.7 Å².